The minimum Gasteiger partial charge on any atom is -0.337 e. The second-order valence-electron chi connectivity index (χ2n) is 10.4. The molecule has 0 bridgehead atoms. The van der Waals surface area contributed by atoms with Crippen LogP contribution in [-0.4, -0.2) is 55.6 Å². The van der Waals surface area contributed by atoms with E-state index in [9.17, 15) is 40.3 Å². The second kappa shape index (κ2) is 9.67. The van der Waals surface area contributed by atoms with Crippen LogP contribution in [0.3, 0.4) is 0 Å². The molecule has 0 saturated heterocycles. The van der Waals surface area contributed by atoms with Crippen molar-refractivity contribution in [2.24, 2.45) is 0 Å². The van der Waals surface area contributed by atoms with E-state index >= 15 is 0 Å². The highest BCUT2D eigenvalue weighted by Gasteiger charge is 2.38. The highest BCUT2D eigenvalue weighted by Crippen LogP contribution is 2.38. The highest BCUT2D eigenvalue weighted by molar-refractivity contribution is 7.86. The number of hydrogen-bond donors (Lipinski definition) is 2. The normalized spacial score (nSPS) is 14.8. The van der Waals surface area contributed by atoms with Gasteiger partial charge in [-0.05, 0) is 71.6 Å². The zero-order valence-corrected chi connectivity index (χ0v) is 24.2. The first-order valence-corrected chi connectivity index (χ1v) is 15.6. The third kappa shape index (κ3) is 4.72. The summed E-state index contributed by atoms with van der Waals surface area (Å²) >= 11 is 0. The van der Waals surface area contributed by atoms with Gasteiger partial charge < -0.3 is 4.90 Å². The maximum atomic E-state index is 13.5. The van der Waals surface area contributed by atoms with Gasteiger partial charge in [0, 0.05) is 30.3 Å². The first-order chi connectivity index (χ1) is 20.1. The monoisotopic (exact) mass is 618 g/mol. The molecule has 2 aliphatic heterocycles. The lowest BCUT2D eigenvalue weighted by atomic mass is 9.97. The average Bonchev–Trinajstić information content (AvgIpc) is 3.37. The molecule has 6 rings (SSSR count). The minimum absolute atomic E-state index is 0.0702. The Bertz CT molecular complexity index is 2160. The largest absolute Gasteiger partial charge is 0.337 e. The number of benzene rings is 4. The standard InChI is InChI=1S/C30H22N2O9S2/c1-16-3-7-22(26(11-16)42(36,37)38)23-10-6-20(14-27(23)43(39,40)41)32-29(34)24-9-5-18(13-25(24)30(32)35)17-4-8-21-19(12-17)15-31(2)28(21)33/h3-14H,15H2,1-2H3,(H,36,37,38)(H,39,40,41). The van der Waals surface area contributed by atoms with Crippen molar-refractivity contribution in [1.29, 1.82) is 0 Å². The summed E-state index contributed by atoms with van der Waals surface area (Å²) in [5, 5.41) is 0. The van der Waals surface area contributed by atoms with Gasteiger partial charge in [0.1, 0.15) is 9.79 Å². The summed E-state index contributed by atoms with van der Waals surface area (Å²) in [6.45, 7) is 2.02. The Balaban J connectivity index is 1.42. The van der Waals surface area contributed by atoms with Crippen molar-refractivity contribution < 1.29 is 40.3 Å². The molecular weight excluding hydrogens is 596 g/mol. The van der Waals surface area contributed by atoms with Gasteiger partial charge in [-0.1, -0.05) is 30.3 Å². The van der Waals surface area contributed by atoms with Gasteiger partial charge in [-0.15, -0.1) is 0 Å². The fourth-order valence-electron chi connectivity index (χ4n) is 5.45. The maximum Gasteiger partial charge on any atom is 0.295 e. The fourth-order valence-corrected chi connectivity index (χ4v) is 6.97. The van der Waals surface area contributed by atoms with Gasteiger partial charge >= 0.3 is 0 Å². The van der Waals surface area contributed by atoms with Crippen molar-refractivity contribution in [3.05, 3.63) is 101 Å². The predicted octanol–water partition coefficient (Wildman–Crippen LogP) is 4.21. The van der Waals surface area contributed by atoms with Crippen LogP contribution < -0.4 is 4.90 Å². The van der Waals surface area contributed by atoms with Crippen molar-refractivity contribution in [3.8, 4) is 22.3 Å². The molecule has 218 valence electrons. The van der Waals surface area contributed by atoms with Crippen LogP contribution in [0.5, 0.6) is 0 Å². The number of rotatable bonds is 5. The molecule has 2 aliphatic rings. The predicted molar refractivity (Wildman–Crippen MR) is 155 cm³/mol. The number of hydrogen-bond acceptors (Lipinski definition) is 7. The van der Waals surface area contributed by atoms with Gasteiger partial charge in [0.05, 0.1) is 16.8 Å². The van der Waals surface area contributed by atoms with E-state index in [4.69, 9.17) is 0 Å². The molecule has 0 radical (unpaired) electrons. The summed E-state index contributed by atoms with van der Waals surface area (Å²) in [7, 11) is -8.11. The maximum absolute atomic E-state index is 13.5. The molecule has 4 aromatic rings. The lowest BCUT2D eigenvalue weighted by Crippen LogP contribution is -2.29. The summed E-state index contributed by atoms with van der Waals surface area (Å²) in [5.74, 6) is -1.55. The summed E-state index contributed by atoms with van der Waals surface area (Å²) in [6, 6.07) is 17.2. The molecule has 0 fully saturated rings. The Kier molecular flexibility index (Phi) is 6.40. The number of aryl methyl sites for hydroxylation is 1. The van der Waals surface area contributed by atoms with E-state index in [0.29, 0.717) is 23.2 Å². The molecule has 4 aromatic carbocycles. The zero-order valence-electron chi connectivity index (χ0n) is 22.6. The van der Waals surface area contributed by atoms with E-state index in [2.05, 4.69) is 0 Å². The third-order valence-corrected chi connectivity index (χ3v) is 9.30. The Labute approximate surface area is 246 Å². The van der Waals surface area contributed by atoms with Gasteiger partial charge in [0.25, 0.3) is 38.0 Å². The van der Waals surface area contributed by atoms with E-state index in [1.165, 1.54) is 24.3 Å². The molecule has 0 aliphatic carbocycles. The van der Waals surface area contributed by atoms with Crippen LogP contribution in [0.4, 0.5) is 5.69 Å². The van der Waals surface area contributed by atoms with E-state index in [1.807, 2.05) is 6.07 Å². The molecule has 0 spiro atoms. The molecule has 43 heavy (non-hydrogen) atoms. The van der Waals surface area contributed by atoms with Crippen LogP contribution in [0.2, 0.25) is 0 Å². The van der Waals surface area contributed by atoms with Crippen molar-refractivity contribution in [2.75, 3.05) is 11.9 Å². The topological polar surface area (TPSA) is 166 Å². The Morgan fingerprint density at radius 2 is 1.14 bits per heavy atom. The van der Waals surface area contributed by atoms with Gasteiger partial charge in [-0.3, -0.25) is 23.5 Å². The smallest absolute Gasteiger partial charge is 0.295 e. The van der Waals surface area contributed by atoms with Crippen molar-refractivity contribution in [3.63, 3.8) is 0 Å². The summed E-state index contributed by atoms with van der Waals surface area (Å²) in [4.78, 5) is 40.1. The number of carbonyl (C=O) groups is 3. The van der Waals surface area contributed by atoms with E-state index in [1.54, 1.807) is 43.1 Å². The number of nitrogens with zero attached hydrogens (tertiary/aromatic N) is 2. The van der Waals surface area contributed by atoms with Gasteiger partial charge in [0.2, 0.25) is 0 Å². The van der Waals surface area contributed by atoms with Crippen molar-refractivity contribution in [2.45, 2.75) is 23.3 Å². The molecular formula is C30H22N2O9S2. The molecule has 0 atom stereocenters. The van der Waals surface area contributed by atoms with Crippen LogP contribution >= 0.6 is 0 Å². The number of carbonyl (C=O) groups excluding carboxylic acids is 3. The Morgan fingerprint density at radius 1 is 0.605 bits per heavy atom. The summed E-state index contributed by atoms with van der Waals surface area (Å²) in [5.41, 5.74) is 2.74. The number of amides is 3. The zero-order chi connectivity index (χ0) is 31.0. The number of imide groups is 1. The molecule has 11 nitrogen and oxygen atoms in total. The van der Waals surface area contributed by atoms with E-state index < -0.39 is 41.8 Å². The number of fused-ring (bicyclic) bond motifs is 2. The van der Waals surface area contributed by atoms with Crippen LogP contribution in [0.25, 0.3) is 22.3 Å². The SMILES string of the molecule is Cc1ccc(-c2ccc(N3C(=O)c4ccc(-c5ccc6c(c5)CN(C)C6=O)cc4C3=O)cc2S(=O)(=O)O)c(S(=O)(=O)O)c1. The van der Waals surface area contributed by atoms with Crippen LogP contribution in [0, 0.1) is 6.92 Å². The number of anilines is 1. The first kappa shape index (κ1) is 28.4. The Hall–Kier alpha value is -4.69. The lowest BCUT2D eigenvalue weighted by Gasteiger charge is -2.17. The van der Waals surface area contributed by atoms with Crippen LogP contribution in [0.15, 0.2) is 82.6 Å². The summed E-state index contributed by atoms with van der Waals surface area (Å²) in [6.07, 6.45) is 0. The van der Waals surface area contributed by atoms with Crippen molar-refractivity contribution in [1.82, 2.24) is 4.90 Å². The van der Waals surface area contributed by atoms with Gasteiger partial charge in [-0.2, -0.15) is 16.8 Å². The molecule has 0 unspecified atom stereocenters. The quantitative estimate of drug-likeness (QED) is 0.246. The molecule has 3 amide bonds. The second-order valence-corrected chi connectivity index (χ2v) is 13.1. The first-order valence-electron chi connectivity index (χ1n) is 12.8. The van der Waals surface area contributed by atoms with Gasteiger partial charge in [0.15, 0.2) is 0 Å². The molecule has 13 heteroatoms. The van der Waals surface area contributed by atoms with E-state index in [0.717, 1.165) is 34.2 Å². The Morgan fingerprint density at radius 3 is 1.79 bits per heavy atom. The average molecular weight is 619 g/mol. The molecule has 0 aromatic heterocycles. The minimum atomic E-state index is -5.02. The van der Waals surface area contributed by atoms with Crippen molar-refractivity contribution >= 4 is 43.6 Å². The summed E-state index contributed by atoms with van der Waals surface area (Å²) < 4.78 is 68.9. The van der Waals surface area contributed by atoms with Gasteiger partial charge in [-0.25, -0.2) is 4.90 Å². The highest BCUT2D eigenvalue weighted by atomic mass is 32.2. The third-order valence-electron chi connectivity index (χ3n) is 7.52. The lowest BCUT2D eigenvalue weighted by molar-refractivity contribution is 0.0815. The van der Waals surface area contributed by atoms with Crippen LogP contribution in [-0.2, 0) is 26.8 Å². The molecule has 2 N–H and O–H groups in total. The van der Waals surface area contributed by atoms with Crippen LogP contribution in [0.1, 0.15) is 42.2 Å². The molecule has 0 saturated carbocycles. The fraction of sp³-hybridized carbons (Fsp3) is 0.100. The molecule has 2 heterocycles. The van der Waals surface area contributed by atoms with E-state index in [-0.39, 0.29) is 33.8 Å².